The molecular weight excluding hydrogens is 345 g/mol. The average Bonchev–Trinajstić information content (AvgIpc) is 2.73. The largest absolute Gasteiger partial charge is 0.340 e. The van der Waals surface area contributed by atoms with E-state index in [0.29, 0.717) is 31.7 Å². The Balaban J connectivity index is 1.69. The van der Waals surface area contributed by atoms with E-state index < -0.39 is 0 Å². The predicted molar refractivity (Wildman–Crippen MR) is 102 cm³/mol. The van der Waals surface area contributed by atoms with Crippen molar-refractivity contribution in [3.05, 3.63) is 71.5 Å². The van der Waals surface area contributed by atoms with Gasteiger partial charge in [-0.2, -0.15) is 0 Å². The van der Waals surface area contributed by atoms with Crippen molar-refractivity contribution in [2.75, 3.05) is 32.7 Å². The van der Waals surface area contributed by atoms with Gasteiger partial charge in [0.1, 0.15) is 5.82 Å². The smallest absolute Gasteiger partial charge is 0.254 e. The van der Waals surface area contributed by atoms with Crippen LogP contribution in [0.2, 0.25) is 0 Å². The van der Waals surface area contributed by atoms with Gasteiger partial charge in [-0.3, -0.25) is 9.59 Å². The summed E-state index contributed by atoms with van der Waals surface area (Å²) in [4.78, 5) is 28.9. The molecule has 5 nitrogen and oxygen atoms in total. The summed E-state index contributed by atoms with van der Waals surface area (Å²) in [5.41, 5.74) is 1.41. The molecule has 2 amide bonds. The molecule has 27 heavy (non-hydrogen) atoms. The fourth-order valence-electron chi connectivity index (χ4n) is 3.13. The van der Waals surface area contributed by atoms with Crippen molar-refractivity contribution >= 4 is 11.8 Å². The zero-order chi connectivity index (χ0) is 19.1. The molecule has 1 aliphatic heterocycles. The van der Waals surface area contributed by atoms with Gasteiger partial charge in [0.15, 0.2) is 0 Å². The van der Waals surface area contributed by atoms with Crippen molar-refractivity contribution < 1.29 is 14.0 Å². The Bertz CT molecular complexity index is 759. The van der Waals surface area contributed by atoms with Crippen LogP contribution in [0.25, 0.3) is 0 Å². The van der Waals surface area contributed by atoms with Crippen LogP contribution in [0.4, 0.5) is 4.39 Å². The lowest BCUT2D eigenvalue weighted by Crippen LogP contribution is -2.47. The third-order valence-corrected chi connectivity index (χ3v) is 4.66. The molecule has 1 saturated heterocycles. The zero-order valence-corrected chi connectivity index (χ0v) is 15.2. The standard InChI is InChI=1S/C21H24FN3O2/c22-19-8-6-17(7-9-19)16-25(21(27)18-4-2-1-3-5-18)13-10-20(26)24-14-11-23-12-15-24/h1-9,23H,10-16H2. The monoisotopic (exact) mass is 369 g/mol. The predicted octanol–water partition coefficient (Wildman–Crippen LogP) is 2.29. The molecule has 0 aliphatic carbocycles. The Morgan fingerprint density at radius 2 is 1.67 bits per heavy atom. The van der Waals surface area contributed by atoms with Crippen molar-refractivity contribution in [1.29, 1.82) is 0 Å². The van der Waals surface area contributed by atoms with Crippen LogP contribution in [0.1, 0.15) is 22.3 Å². The Kier molecular flexibility index (Phi) is 6.54. The van der Waals surface area contributed by atoms with Gasteiger partial charge >= 0.3 is 0 Å². The van der Waals surface area contributed by atoms with Crippen LogP contribution >= 0.6 is 0 Å². The number of halogens is 1. The first-order chi connectivity index (χ1) is 13.1. The summed E-state index contributed by atoms with van der Waals surface area (Å²) in [7, 11) is 0. The molecular formula is C21H24FN3O2. The molecule has 1 aliphatic rings. The molecule has 1 N–H and O–H groups in total. The zero-order valence-electron chi connectivity index (χ0n) is 15.2. The quantitative estimate of drug-likeness (QED) is 0.850. The fraction of sp³-hybridized carbons (Fsp3) is 0.333. The van der Waals surface area contributed by atoms with Crippen LogP contribution in [-0.2, 0) is 11.3 Å². The molecule has 1 heterocycles. The molecule has 0 radical (unpaired) electrons. The molecule has 3 rings (SSSR count). The second-order valence-corrected chi connectivity index (χ2v) is 6.60. The summed E-state index contributed by atoms with van der Waals surface area (Å²) in [6, 6.07) is 15.1. The summed E-state index contributed by atoms with van der Waals surface area (Å²) in [6.07, 6.45) is 0.278. The summed E-state index contributed by atoms with van der Waals surface area (Å²) >= 11 is 0. The number of piperazine rings is 1. The lowest BCUT2D eigenvalue weighted by molar-refractivity contribution is -0.132. The van der Waals surface area contributed by atoms with Crippen LogP contribution in [0.5, 0.6) is 0 Å². The summed E-state index contributed by atoms with van der Waals surface area (Å²) in [5.74, 6) is -0.386. The minimum Gasteiger partial charge on any atom is -0.340 e. The van der Waals surface area contributed by atoms with Gasteiger partial charge in [-0.15, -0.1) is 0 Å². The van der Waals surface area contributed by atoms with Crippen LogP contribution in [0.15, 0.2) is 54.6 Å². The number of carbonyl (C=O) groups is 2. The van der Waals surface area contributed by atoms with Crippen LogP contribution < -0.4 is 5.32 Å². The minimum absolute atomic E-state index is 0.0569. The van der Waals surface area contributed by atoms with E-state index in [4.69, 9.17) is 0 Å². The van der Waals surface area contributed by atoms with Crippen LogP contribution in [-0.4, -0.2) is 54.3 Å². The van der Waals surface area contributed by atoms with Gasteiger partial charge in [0, 0.05) is 51.3 Å². The van der Waals surface area contributed by atoms with Crippen molar-refractivity contribution in [3.8, 4) is 0 Å². The normalized spacial score (nSPS) is 14.0. The fourth-order valence-corrected chi connectivity index (χ4v) is 3.13. The van der Waals surface area contributed by atoms with E-state index in [9.17, 15) is 14.0 Å². The molecule has 0 atom stereocenters. The molecule has 2 aromatic rings. The first-order valence-corrected chi connectivity index (χ1v) is 9.21. The number of hydrogen-bond donors (Lipinski definition) is 1. The van der Waals surface area contributed by atoms with E-state index in [-0.39, 0.29) is 24.1 Å². The number of nitrogens with one attached hydrogen (secondary N) is 1. The SMILES string of the molecule is O=C(CCN(Cc1ccc(F)cc1)C(=O)c1ccccc1)N1CCNCC1. The van der Waals surface area contributed by atoms with E-state index in [0.717, 1.165) is 18.7 Å². The molecule has 6 heteroatoms. The van der Waals surface area contributed by atoms with Gasteiger partial charge in [-0.1, -0.05) is 30.3 Å². The lowest BCUT2D eigenvalue weighted by atomic mass is 10.1. The number of rotatable bonds is 6. The Morgan fingerprint density at radius 1 is 1.00 bits per heavy atom. The number of benzene rings is 2. The molecule has 0 saturated carbocycles. The average molecular weight is 369 g/mol. The molecule has 0 spiro atoms. The second kappa shape index (κ2) is 9.28. The van der Waals surface area contributed by atoms with Crippen LogP contribution in [0.3, 0.4) is 0 Å². The van der Waals surface area contributed by atoms with Gasteiger partial charge in [-0.25, -0.2) is 4.39 Å². The summed E-state index contributed by atoms with van der Waals surface area (Å²) in [6.45, 7) is 3.66. The summed E-state index contributed by atoms with van der Waals surface area (Å²) < 4.78 is 13.2. The molecule has 142 valence electrons. The molecule has 2 aromatic carbocycles. The maximum Gasteiger partial charge on any atom is 0.254 e. The number of carbonyl (C=O) groups excluding carboxylic acids is 2. The van der Waals surface area contributed by atoms with Crippen molar-refractivity contribution in [1.82, 2.24) is 15.1 Å². The lowest BCUT2D eigenvalue weighted by Gasteiger charge is -2.29. The topological polar surface area (TPSA) is 52.7 Å². The maximum absolute atomic E-state index is 13.2. The first-order valence-electron chi connectivity index (χ1n) is 9.21. The maximum atomic E-state index is 13.2. The Morgan fingerprint density at radius 3 is 2.33 bits per heavy atom. The van der Waals surface area contributed by atoms with E-state index >= 15 is 0 Å². The van der Waals surface area contributed by atoms with Gasteiger partial charge in [-0.05, 0) is 29.8 Å². The van der Waals surface area contributed by atoms with Crippen molar-refractivity contribution in [2.45, 2.75) is 13.0 Å². The van der Waals surface area contributed by atoms with Gasteiger partial charge < -0.3 is 15.1 Å². The van der Waals surface area contributed by atoms with Crippen molar-refractivity contribution in [3.63, 3.8) is 0 Å². The third-order valence-electron chi connectivity index (χ3n) is 4.66. The number of amides is 2. The second-order valence-electron chi connectivity index (χ2n) is 6.60. The highest BCUT2D eigenvalue weighted by Crippen LogP contribution is 2.12. The van der Waals surface area contributed by atoms with E-state index in [1.54, 1.807) is 29.2 Å². The third kappa shape index (κ3) is 5.37. The number of nitrogens with zero attached hydrogens (tertiary/aromatic N) is 2. The van der Waals surface area contributed by atoms with Gasteiger partial charge in [0.2, 0.25) is 5.91 Å². The Hall–Kier alpha value is -2.73. The highest BCUT2D eigenvalue weighted by Gasteiger charge is 2.20. The van der Waals surface area contributed by atoms with Gasteiger partial charge in [0.05, 0.1) is 0 Å². The highest BCUT2D eigenvalue weighted by atomic mass is 19.1. The van der Waals surface area contributed by atoms with Gasteiger partial charge in [0.25, 0.3) is 5.91 Å². The molecule has 1 fully saturated rings. The Labute approximate surface area is 158 Å². The molecule has 0 bridgehead atoms. The van der Waals surface area contributed by atoms with Crippen molar-refractivity contribution in [2.24, 2.45) is 0 Å². The number of hydrogen-bond acceptors (Lipinski definition) is 3. The van der Waals surface area contributed by atoms with E-state index in [2.05, 4.69) is 5.32 Å². The minimum atomic E-state index is -0.312. The van der Waals surface area contributed by atoms with E-state index in [1.165, 1.54) is 12.1 Å². The molecule has 0 unspecified atom stereocenters. The van der Waals surface area contributed by atoms with E-state index in [1.807, 2.05) is 23.1 Å². The summed E-state index contributed by atoms with van der Waals surface area (Å²) in [5, 5.41) is 3.22. The van der Waals surface area contributed by atoms with Crippen LogP contribution in [0, 0.1) is 5.82 Å². The molecule has 0 aromatic heterocycles. The first kappa shape index (κ1) is 19.0. The highest BCUT2D eigenvalue weighted by molar-refractivity contribution is 5.94.